The molecular formula is C21H25FN2O3S. The summed E-state index contributed by atoms with van der Waals surface area (Å²) in [4.78, 5) is 29.9. The standard InChI is InChI=1S/C21H25FN2O3S/c1-15-9-10-28-19(15)12-23(11-16-3-5-17(22)6-4-16)20(25)13-24(18-7-8-18)21(26)14-27-2/h3-6,9-10,18H,7-8,11-14H2,1-2H3. The zero-order valence-electron chi connectivity index (χ0n) is 16.2. The maximum atomic E-state index is 13.2. The molecule has 0 radical (unpaired) electrons. The summed E-state index contributed by atoms with van der Waals surface area (Å²) in [6.45, 7) is 2.87. The predicted molar refractivity (Wildman–Crippen MR) is 106 cm³/mol. The molecule has 0 atom stereocenters. The van der Waals surface area contributed by atoms with Gasteiger partial charge in [0.15, 0.2) is 0 Å². The minimum atomic E-state index is -0.305. The topological polar surface area (TPSA) is 49.9 Å². The molecule has 2 aromatic rings. The third-order valence-electron chi connectivity index (χ3n) is 4.82. The summed E-state index contributed by atoms with van der Waals surface area (Å²) in [5, 5.41) is 2.00. The Morgan fingerprint density at radius 2 is 1.86 bits per heavy atom. The molecule has 1 aliphatic rings. The second kappa shape index (κ2) is 9.30. The lowest BCUT2D eigenvalue weighted by Gasteiger charge is -2.28. The van der Waals surface area contributed by atoms with Crippen LogP contribution in [0.15, 0.2) is 35.7 Å². The van der Waals surface area contributed by atoms with E-state index in [1.54, 1.807) is 33.3 Å². The Kier molecular flexibility index (Phi) is 6.80. The number of halogens is 1. The van der Waals surface area contributed by atoms with Crippen molar-refractivity contribution in [2.45, 2.75) is 38.9 Å². The van der Waals surface area contributed by atoms with Crippen molar-refractivity contribution in [3.8, 4) is 0 Å². The fourth-order valence-corrected chi connectivity index (χ4v) is 3.96. The number of benzene rings is 1. The summed E-state index contributed by atoms with van der Waals surface area (Å²) >= 11 is 1.61. The van der Waals surface area contributed by atoms with Gasteiger partial charge >= 0.3 is 0 Å². The van der Waals surface area contributed by atoms with Crippen molar-refractivity contribution in [2.75, 3.05) is 20.3 Å². The first-order chi connectivity index (χ1) is 13.5. The van der Waals surface area contributed by atoms with E-state index in [-0.39, 0.29) is 36.8 Å². The highest BCUT2D eigenvalue weighted by Gasteiger charge is 2.34. The Hall–Kier alpha value is -2.25. The van der Waals surface area contributed by atoms with Gasteiger partial charge in [-0.3, -0.25) is 9.59 Å². The van der Waals surface area contributed by atoms with Gasteiger partial charge in [-0.15, -0.1) is 11.3 Å². The number of carbonyl (C=O) groups excluding carboxylic acids is 2. The van der Waals surface area contributed by atoms with Crippen LogP contribution in [-0.4, -0.2) is 47.9 Å². The largest absolute Gasteiger partial charge is 0.375 e. The van der Waals surface area contributed by atoms with Gasteiger partial charge in [-0.05, 0) is 54.5 Å². The number of thiophene rings is 1. The van der Waals surface area contributed by atoms with Crippen LogP contribution in [-0.2, 0) is 27.4 Å². The van der Waals surface area contributed by atoms with E-state index in [9.17, 15) is 14.0 Å². The molecule has 1 heterocycles. The number of carbonyl (C=O) groups is 2. The molecule has 0 spiro atoms. The molecule has 0 saturated heterocycles. The predicted octanol–water partition coefficient (Wildman–Crippen LogP) is 3.36. The monoisotopic (exact) mass is 404 g/mol. The van der Waals surface area contributed by atoms with Gasteiger partial charge in [-0.1, -0.05) is 12.1 Å². The summed E-state index contributed by atoms with van der Waals surface area (Å²) in [7, 11) is 1.48. The van der Waals surface area contributed by atoms with Gasteiger partial charge in [0.25, 0.3) is 0 Å². The molecule has 150 valence electrons. The number of nitrogens with zero attached hydrogens (tertiary/aromatic N) is 2. The van der Waals surface area contributed by atoms with E-state index in [0.29, 0.717) is 13.1 Å². The van der Waals surface area contributed by atoms with E-state index < -0.39 is 0 Å². The molecule has 1 aromatic carbocycles. The molecule has 2 amide bonds. The maximum Gasteiger partial charge on any atom is 0.249 e. The number of hydrogen-bond acceptors (Lipinski definition) is 4. The minimum absolute atomic E-state index is 0.0220. The van der Waals surface area contributed by atoms with Crippen LogP contribution in [0.2, 0.25) is 0 Å². The van der Waals surface area contributed by atoms with Crippen LogP contribution in [0, 0.1) is 12.7 Å². The van der Waals surface area contributed by atoms with E-state index in [2.05, 4.69) is 0 Å². The van der Waals surface area contributed by atoms with Crippen molar-refractivity contribution in [2.24, 2.45) is 0 Å². The third kappa shape index (κ3) is 5.39. The average Bonchev–Trinajstić information content (AvgIpc) is 3.43. The quantitative estimate of drug-likeness (QED) is 0.644. The molecule has 1 aliphatic carbocycles. The lowest BCUT2D eigenvalue weighted by molar-refractivity contribution is -0.143. The molecule has 0 N–H and O–H groups in total. The van der Waals surface area contributed by atoms with Crippen LogP contribution in [0.25, 0.3) is 0 Å². The highest BCUT2D eigenvalue weighted by molar-refractivity contribution is 7.10. The Bertz CT molecular complexity index is 817. The number of ether oxygens (including phenoxy) is 1. The number of methoxy groups -OCH3 is 1. The molecule has 0 unspecified atom stereocenters. The van der Waals surface area contributed by atoms with Crippen LogP contribution in [0.4, 0.5) is 4.39 Å². The SMILES string of the molecule is COCC(=O)N(CC(=O)N(Cc1ccc(F)cc1)Cc1sccc1C)C1CC1. The molecule has 5 nitrogen and oxygen atoms in total. The van der Waals surface area contributed by atoms with Gasteiger partial charge in [-0.2, -0.15) is 0 Å². The smallest absolute Gasteiger partial charge is 0.249 e. The normalized spacial score (nSPS) is 13.4. The molecule has 3 rings (SSSR count). The fourth-order valence-electron chi connectivity index (χ4n) is 3.04. The van der Waals surface area contributed by atoms with Crippen molar-refractivity contribution in [3.05, 3.63) is 57.5 Å². The van der Waals surface area contributed by atoms with E-state index >= 15 is 0 Å². The first-order valence-electron chi connectivity index (χ1n) is 9.31. The van der Waals surface area contributed by atoms with Gasteiger partial charge in [0.05, 0.1) is 6.54 Å². The molecular weight excluding hydrogens is 379 g/mol. The Labute approximate surface area is 168 Å². The highest BCUT2D eigenvalue weighted by atomic mass is 32.1. The zero-order chi connectivity index (χ0) is 20.1. The Morgan fingerprint density at radius 3 is 2.43 bits per heavy atom. The molecule has 28 heavy (non-hydrogen) atoms. The second-order valence-electron chi connectivity index (χ2n) is 7.09. The summed E-state index contributed by atoms with van der Waals surface area (Å²) in [6.07, 6.45) is 1.84. The van der Waals surface area contributed by atoms with Gasteiger partial charge in [0.2, 0.25) is 11.8 Å². The van der Waals surface area contributed by atoms with Crippen molar-refractivity contribution >= 4 is 23.2 Å². The number of rotatable bonds is 9. The fraction of sp³-hybridized carbons (Fsp3) is 0.429. The summed E-state index contributed by atoms with van der Waals surface area (Å²) in [5.74, 6) is -0.582. The Balaban J connectivity index is 1.76. The van der Waals surface area contributed by atoms with Crippen LogP contribution in [0.5, 0.6) is 0 Å². The minimum Gasteiger partial charge on any atom is -0.375 e. The molecule has 1 saturated carbocycles. The van der Waals surface area contributed by atoms with Crippen molar-refractivity contribution < 1.29 is 18.7 Å². The Morgan fingerprint density at radius 1 is 1.14 bits per heavy atom. The molecule has 7 heteroatoms. The van der Waals surface area contributed by atoms with Crippen molar-refractivity contribution in [1.29, 1.82) is 0 Å². The van der Waals surface area contributed by atoms with E-state index in [4.69, 9.17) is 4.74 Å². The maximum absolute atomic E-state index is 13.2. The second-order valence-corrected chi connectivity index (χ2v) is 8.09. The van der Waals surface area contributed by atoms with Crippen LogP contribution >= 0.6 is 11.3 Å². The van der Waals surface area contributed by atoms with E-state index in [0.717, 1.165) is 28.8 Å². The number of aryl methyl sites for hydroxylation is 1. The lowest BCUT2D eigenvalue weighted by atomic mass is 10.2. The van der Waals surface area contributed by atoms with Crippen LogP contribution < -0.4 is 0 Å². The third-order valence-corrected chi connectivity index (χ3v) is 5.83. The first kappa shape index (κ1) is 20.5. The van der Waals surface area contributed by atoms with Gasteiger partial charge < -0.3 is 14.5 Å². The lowest BCUT2D eigenvalue weighted by Crippen LogP contribution is -2.44. The molecule has 0 aliphatic heterocycles. The van der Waals surface area contributed by atoms with E-state index in [1.165, 1.54) is 19.2 Å². The zero-order valence-corrected chi connectivity index (χ0v) is 17.0. The molecule has 1 fully saturated rings. The summed E-state index contributed by atoms with van der Waals surface area (Å²) in [6, 6.07) is 8.32. The highest BCUT2D eigenvalue weighted by Crippen LogP contribution is 2.27. The molecule has 0 bridgehead atoms. The van der Waals surface area contributed by atoms with Gasteiger partial charge in [-0.25, -0.2) is 4.39 Å². The van der Waals surface area contributed by atoms with E-state index in [1.807, 2.05) is 18.4 Å². The van der Waals surface area contributed by atoms with Crippen molar-refractivity contribution in [3.63, 3.8) is 0 Å². The molecule has 1 aromatic heterocycles. The van der Waals surface area contributed by atoms with Crippen LogP contribution in [0.1, 0.15) is 28.8 Å². The average molecular weight is 405 g/mol. The number of amides is 2. The van der Waals surface area contributed by atoms with Crippen molar-refractivity contribution in [1.82, 2.24) is 9.80 Å². The number of hydrogen-bond donors (Lipinski definition) is 0. The van der Waals surface area contributed by atoms with Gasteiger partial charge in [0, 0.05) is 24.6 Å². The summed E-state index contributed by atoms with van der Waals surface area (Å²) in [5.41, 5.74) is 1.99. The summed E-state index contributed by atoms with van der Waals surface area (Å²) < 4.78 is 18.2. The van der Waals surface area contributed by atoms with Crippen LogP contribution in [0.3, 0.4) is 0 Å². The first-order valence-corrected chi connectivity index (χ1v) is 10.2. The van der Waals surface area contributed by atoms with Gasteiger partial charge in [0.1, 0.15) is 19.0 Å².